The monoisotopic (exact) mass is 212 g/mol. The van der Waals surface area contributed by atoms with Crippen molar-refractivity contribution in [3.05, 3.63) is 27.9 Å². The van der Waals surface area contributed by atoms with E-state index in [-0.39, 0.29) is 12.3 Å². The SMILES string of the molecule is Cc1cc(C)n(CCOCCO)c(=O)n1. The molecule has 1 aromatic rings. The molecule has 0 saturated heterocycles. The van der Waals surface area contributed by atoms with Crippen molar-refractivity contribution in [3.8, 4) is 0 Å². The average Bonchev–Trinajstić information content (AvgIpc) is 2.15. The third-order valence-corrected chi connectivity index (χ3v) is 2.04. The number of aromatic nitrogens is 2. The van der Waals surface area contributed by atoms with Crippen LogP contribution in [-0.4, -0.2) is 34.5 Å². The van der Waals surface area contributed by atoms with E-state index in [2.05, 4.69) is 4.98 Å². The van der Waals surface area contributed by atoms with Gasteiger partial charge in [0.1, 0.15) is 0 Å². The van der Waals surface area contributed by atoms with Crippen LogP contribution in [-0.2, 0) is 11.3 Å². The Kier molecular flexibility index (Phi) is 4.45. The minimum absolute atomic E-state index is 0.0000286. The standard InChI is InChI=1S/C10H16N2O3/c1-8-7-9(2)12(10(14)11-8)3-5-15-6-4-13/h7,13H,3-6H2,1-2H3. The molecule has 0 spiro atoms. The predicted molar refractivity (Wildman–Crippen MR) is 55.9 cm³/mol. The number of ether oxygens (including phenoxy) is 1. The van der Waals surface area contributed by atoms with Crippen LogP contribution in [0.3, 0.4) is 0 Å². The van der Waals surface area contributed by atoms with E-state index in [9.17, 15) is 4.79 Å². The van der Waals surface area contributed by atoms with Crippen LogP contribution in [0.4, 0.5) is 0 Å². The maximum atomic E-state index is 11.5. The first-order chi connectivity index (χ1) is 7.15. The quantitative estimate of drug-likeness (QED) is 0.690. The number of rotatable bonds is 5. The van der Waals surface area contributed by atoms with Crippen LogP contribution < -0.4 is 5.69 Å². The first-order valence-corrected chi connectivity index (χ1v) is 4.89. The Morgan fingerprint density at radius 3 is 2.80 bits per heavy atom. The van der Waals surface area contributed by atoms with Gasteiger partial charge in [-0.05, 0) is 19.9 Å². The lowest BCUT2D eigenvalue weighted by molar-refractivity contribution is 0.0861. The molecule has 15 heavy (non-hydrogen) atoms. The molecule has 0 radical (unpaired) electrons. The smallest absolute Gasteiger partial charge is 0.348 e. The van der Waals surface area contributed by atoms with Gasteiger partial charge in [-0.1, -0.05) is 0 Å². The largest absolute Gasteiger partial charge is 0.394 e. The Bertz CT molecular complexity index is 373. The van der Waals surface area contributed by atoms with Gasteiger partial charge in [-0.2, -0.15) is 4.98 Å². The summed E-state index contributed by atoms with van der Waals surface area (Å²) in [5.74, 6) is 0. The predicted octanol–water partition coefficient (Wildman–Crippen LogP) is -0.131. The lowest BCUT2D eigenvalue weighted by Crippen LogP contribution is -2.27. The summed E-state index contributed by atoms with van der Waals surface area (Å²) in [6.07, 6.45) is 0. The molecule has 1 heterocycles. The molecular weight excluding hydrogens is 196 g/mol. The van der Waals surface area contributed by atoms with Crippen molar-refractivity contribution in [3.63, 3.8) is 0 Å². The molecule has 1 rings (SSSR count). The van der Waals surface area contributed by atoms with E-state index in [0.29, 0.717) is 19.8 Å². The Morgan fingerprint density at radius 2 is 2.20 bits per heavy atom. The number of aliphatic hydroxyl groups excluding tert-OH is 1. The fourth-order valence-electron chi connectivity index (χ4n) is 1.37. The highest BCUT2D eigenvalue weighted by molar-refractivity contribution is 5.06. The zero-order valence-corrected chi connectivity index (χ0v) is 9.06. The molecular formula is C10H16N2O3. The second kappa shape index (κ2) is 5.63. The summed E-state index contributed by atoms with van der Waals surface area (Å²) in [6, 6.07) is 1.85. The van der Waals surface area contributed by atoms with Gasteiger partial charge in [0.15, 0.2) is 0 Å². The molecule has 0 saturated carbocycles. The topological polar surface area (TPSA) is 64.3 Å². The van der Waals surface area contributed by atoms with Crippen molar-refractivity contribution in [2.75, 3.05) is 19.8 Å². The lowest BCUT2D eigenvalue weighted by atomic mass is 10.3. The van der Waals surface area contributed by atoms with E-state index in [0.717, 1.165) is 11.4 Å². The Morgan fingerprint density at radius 1 is 1.47 bits per heavy atom. The van der Waals surface area contributed by atoms with Crippen LogP contribution in [0.2, 0.25) is 0 Å². The molecule has 0 fully saturated rings. The number of aliphatic hydroxyl groups is 1. The molecule has 0 aromatic carbocycles. The average molecular weight is 212 g/mol. The van der Waals surface area contributed by atoms with E-state index in [1.165, 1.54) is 0 Å². The molecule has 5 heteroatoms. The molecule has 5 nitrogen and oxygen atoms in total. The van der Waals surface area contributed by atoms with Gasteiger partial charge in [0.05, 0.1) is 26.4 Å². The normalized spacial score (nSPS) is 10.6. The molecule has 84 valence electrons. The summed E-state index contributed by atoms with van der Waals surface area (Å²) in [6.45, 7) is 4.83. The van der Waals surface area contributed by atoms with E-state index < -0.39 is 0 Å². The third kappa shape index (κ3) is 3.45. The van der Waals surface area contributed by atoms with Crippen LogP contribution in [0.5, 0.6) is 0 Å². The van der Waals surface area contributed by atoms with Gasteiger partial charge in [-0.3, -0.25) is 4.57 Å². The summed E-state index contributed by atoms with van der Waals surface area (Å²) >= 11 is 0. The second-order valence-electron chi connectivity index (χ2n) is 3.31. The minimum atomic E-state index is -0.250. The molecule has 0 unspecified atom stereocenters. The molecule has 1 aromatic heterocycles. The van der Waals surface area contributed by atoms with Gasteiger partial charge in [0, 0.05) is 11.4 Å². The molecule has 0 atom stereocenters. The highest BCUT2D eigenvalue weighted by Crippen LogP contribution is 1.96. The number of aryl methyl sites for hydroxylation is 2. The summed E-state index contributed by atoms with van der Waals surface area (Å²) in [4.78, 5) is 15.3. The van der Waals surface area contributed by atoms with Crippen molar-refractivity contribution >= 4 is 0 Å². The third-order valence-electron chi connectivity index (χ3n) is 2.04. The molecule has 0 aliphatic carbocycles. The number of hydrogen-bond donors (Lipinski definition) is 1. The highest BCUT2D eigenvalue weighted by Gasteiger charge is 2.01. The van der Waals surface area contributed by atoms with Crippen LogP contribution in [0, 0.1) is 13.8 Å². The minimum Gasteiger partial charge on any atom is -0.394 e. The van der Waals surface area contributed by atoms with Crippen molar-refractivity contribution in [1.29, 1.82) is 0 Å². The van der Waals surface area contributed by atoms with E-state index >= 15 is 0 Å². The summed E-state index contributed by atoms with van der Waals surface area (Å²) in [5.41, 5.74) is 1.35. The van der Waals surface area contributed by atoms with Gasteiger partial charge in [0.25, 0.3) is 0 Å². The van der Waals surface area contributed by atoms with Gasteiger partial charge < -0.3 is 9.84 Å². The van der Waals surface area contributed by atoms with Gasteiger partial charge in [-0.15, -0.1) is 0 Å². The molecule has 0 amide bonds. The Labute approximate surface area is 88.3 Å². The zero-order valence-electron chi connectivity index (χ0n) is 9.06. The van der Waals surface area contributed by atoms with Crippen LogP contribution >= 0.6 is 0 Å². The van der Waals surface area contributed by atoms with Gasteiger partial charge >= 0.3 is 5.69 Å². The second-order valence-corrected chi connectivity index (χ2v) is 3.31. The van der Waals surface area contributed by atoms with E-state index in [1.54, 1.807) is 11.5 Å². The van der Waals surface area contributed by atoms with Gasteiger partial charge in [0.2, 0.25) is 0 Å². The van der Waals surface area contributed by atoms with E-state index in [1.807, 2.05) is 13.0 Å². The summed E-state index contributed by atoms with van der Waals surface area (Å²) in [5, 5.41) is 8.50. The maximum Gasteiger partial charge on any atom is 0.348 e. The van der Waals surface area contributed by atoms with E-state index in [4.69, 9.17) is 9.84 Å². The summed E-state index contributed by atoms with van der Waals surface area (Å²) < 4.78 is 6.65. The molecule has 0 aliphatic rings. The van der Waals surface area contributed by atoms with Gasteiger partial charge in [-0.25, -0.2) is 4.79 Å². The van der Waals surface area contributed by atoms with Crippen molar-refractivity contribution in [2.24, 2.45) is 0 Å². The maximum absolute atomic E-state index is 11.5. The van der Waals surface area contributed by atoms with Crippen LogP contribution in [0.1, 0.15) is 11.4 Å². The fourth-order valence-corrected chi connectivity index (χ4v) is 1.37. The number of hydrogen-bond acceptors (Lipinski definition) is 4. The summed E-state index contributed by atoms with van der Waals surface area (Å²) in [7, 11) is 0. The Balaban J connectivity index is 2.65. The first kappa shape index (κ1) is 11.9. The molecule has 1 N–H and O–H groups in total. The van der Waals surface area contributed by atoms with Crippen LogP contribution in [0.25, 0.3) is 0 Å². The number of nitrogens with zero attached hydrogens (tertiary/aromatic N) is 2. The van der Waals surface area contributed by atoms with Crippen molar-refractivity contribution in [1.82, 2.24) is 9.55 Å². The zero-order chi connectivity index (χ0) is 11.3. The highest BCUT2D eigenvalue weighted by atomic mass is 16.5. The van der Waals surface area contributed by atoms with Crippen molar-refractivity contribution < 1.29 is 9.84 Å². The van der Waals surface area contributed by atoms with Crippen LogP contribution in [0.15, 0.2) is 10.9 Å². The van der Waals surface area contributed by atoms with Crippen molar-refractivity contribution in [2.45, 2.75) is 20.4 Å². The first-order valence-electron chi connectivity index (χ1n) is 4.89. The Hall–Kier alpha value is -1.20. The fraction of sp³-hybridized carbons (Fsp3) is 0.600. The lowest BCUT2D eigenvalue weighted by Gasteiger charge is -2.09. The molecule has 0 aliphatic heterocycles. The molecule has 0 bridgehead atoms.